The molecule has 0 aliphatic carbocycles. The molecule has 15 aromatic rings. The number of carbonyl (C=O) groups is 5. The summed E-state index contributed by atoms with van der Waals surface area (Å²) in [7, 11) is 4.16. The van der Waals surface area contributed by atoms with Crippen LogP contribution in [0.5, 0.6) is 0 Å². The topological polar surface area (TPSA) is 154 Å². The maximum Gasteiger partial charge on any atom is 0.337 e. The molecule has 10 nitrogen and oxygen atoms in total. The van der Waals surface area contributed by atoms with E-state index < -0.39 is 11.9 Å². The van der Waals surface area contributed by atoms with E-state index in [-0.39, 0.29) is 45.7 Å². The molecule has 2 N–H and O–H groups in total. The summed E-state index contributed by atoms with van der Waals surface area (Å²) < 4.78 is 14.3. The second-order valence-electron chi connectivity index (χ2n) is 35.3. The van der Waals surface area contributed by atoms with Crippen LogP contribution >= 0.6 is 47.8 Å². The lowest BCUT2D eigenvalue weighted by atomic mass is 9.77. The zero-order chi connectivity index (χ0) is 101. The van der Waals surface area contributed by atoms with Gasteiger partial charge in [0.1, 0.15) is 0 Å². The maximum atomic E-state index is 12.1. The number of esters is 3. The minimum Gasteiger partial charge on any atom is -0.478 e. The van der Waals surface area contributed by atoms with Crippen LogP contribution in [-0.4, -0.2) is 61.4 Å². The molecule has 0 bridgehead atoms. The molecule has 0 saturated carbocycles. The summed E-state index contributed by atoms with van der Waals surface area (Å²) in [4.78, 5) is 58.7. The normalized spacial score (nSPS) is 12.9. The third-order valence-electron chi connectivity index (χ3n) is 25.3. The van der Waals surface area contributed by atoms with Crippen LogP contribution in [0.1, 0.15) is 283 Å². The Kier molecular flexibility index (Phi) is 48.8. The van der Waals surface area contributed by atoms with E-state index in [4.69, 9.17) is 9.47 Å². The number of carboxylic acids is 2. The van der Waals surface area contributed by atoms with Crippen molar-refractivity contribution >= 4 is 89.8 Å². The Morgan fingerprint density at radius 1 is 0.248 bits per heavy atom. The third kappa shape index (κ3) is 38.9. The number of carbonyl (C=O) groups excluding carboxylic acids is 3. The SMILES string of the molecule is C=Cc1ccc(C(=O)OC)cc1.C=Cc1ccccc1.CC(Br)c1ccccc1.CC(CC(Br)c1ccccc1)c1ccccc1.CC(CC(CC(CCc1ccc(C(=O)O)cc1)c1ccc(C(=O)O)cc1)c1ccccc1)c1ccccc1.CC(CCc1ccccc1)c1ccccc1.COC(=O)c1ccc(C(Br)CC(CC(CC(C)c2ccccc2)c2ccccc2)c2ccc(C(=O)OC)cc2)cc1. The van der Waals surface area contributed by atoms with Gasteiger partial charge in [-0.3, -0.25) is 0 Å². The van der Waals surface area contributed by atoms with Crippen LogP contribution in [0.15, 0.2) is 438 Å². The zero-order valence-corrected chi connectivity index (χ0v) is 87.0. The van der Waals surface area contributed by atoms with Crippen molar-refractivity contribution in [2.45, 2.75) is 161 Å². The van der Waals surface area contributed by atoms with Crippen molar-refractivity contribution in [3.05, 3.63) is 549 Å². The predicted octanol–water partition coefficient (Wildman–Crippen LogP) is 34.7. The highest BCUT2D eigenvalue weighted by Gasteiger charge is 2.28. The predicted molar refractivity (Wildman–Crippen MR) is 594 cm³/mol. The van der Waals surface area contributed by atoms with Gasteiger partial charge in [0, 0.05) is 14.5 Å². The van der Waals surface area contributed by atoms with E-state index in [1.54, 1.807) is 42.5 Å². The number of carboxylic acid groups (broad SMARTS) is 2. The quantitative estimate of drug-likeness (QED) is 0.0220. The third-order valence-corrected chi connectivity index (χ3v) is 27.7. The number of rotatable bonds is 36. The summed E-state index contributed by atoms with van der Waals surface area (Å²) in [6.45, 7) is 18.5. The van der Waals surface area contributed by atoms with Crippen molar-refractivity contribution in [3.8, 4) is 0 Å². The fourth-order valence-corrected chi connectivity index (χ4v) is 18.9. The van der Waals surface area contributed by atoms with E-state index in [9.17, 15) is 34.2 Å². The van der Waals surface area contributed by atoms with Crippen molar-refractivity contribution in [1.82, 2.24) is 0 Å². The monoisotopic (exact) mass is 2070 g/mol. The molecule has 15 rings (SSSR count). The van der Waals surface area contributed by atoms with Gasteiger partial charge in [-0.15, -0.1) is 0 Å². The second-order valence-corrected chi connectivity index (χ2v) is 38.9. The number of ether oxygens (including phenoxy) is 3. The van der Waals surface area contributed by atoms with Gasteiger partial charge < -0.3 is 24.4 Å². The largest absolute Gasteiger partial charge is 0.478 e. The van der Waals surface area contributed by atoms with Gasteiger partial charge in [-0.1, -0.05) is 465 Å². The van der Waals surface area contributed by atoms with Crippen molar-refractivity contribution in [2.75, 3.05) is 21.3 Å². The van der Waals surface area contributed by atoms with E-state index in [1.165, 1.54) is 88.9 Å². The van der Waals surface area contributed by atoms with Crippen LogP contribution < -0.4 is 0 Å². The van der Waals surface area contributed by atoms with Crippen LogP contribution in [0.4, 0.5) is 0 Å². The summed E-state index contributed by atoms with van der Waals surface area (Å²) in [5, 5.41) is 18.6. The lowest BCUT2D eigenvalue weighted by molar-refractivity contribution is 0.0592. The standard InChI is InChI=1S/C36H37BrO4.C34H34O4.C16H17Br.C16H18.C10H10O2.C8H9Br.C8H8/c1-25(26-10-6-4-7-11-26)22-32(27-12-8-5-9-13-27)23-33(28-14-18-30(19-15-28)35(38)40-2)24-34(37)29-16-20-31(21-17-29)36(39)41-3;1-24(26-8-4-2-5-9-26)22-32(27-10-6-3-7-11-27)23-31(28-18-20-30(21-19-28)34(37)38)17-14-25-12-15-29(16-13-25)33(35)36;1-13(14-8-4-2-5-9-14)12-16(17)15-10-6-3-7-11-15;1-14(16-10-6-3-7-11-16)12-13-15-8-4-2-5-9-15;1-3-8-4-6-9(7-5-8)10(11)12-2;1-7(9)8-5-3-2-4-6-8;1-2-8-6-4-3-5-7-8/h4-21,25,32-34H,22-24H2,1-3H3;2-13,15-16,18-21,24,31-32H,14,17,22-23H2,1H3,(H,35,36)(H,37,38);2-11,13,16H,12H2,1H3;2-11,14H,12-13H2,1H3;3-7H,1H2,2H3;2-7H,1H3;2-7H,1H2. The highest BCUT2D eigenvalue weighted by atomic mass is 79.9. The molecule has 0 fully saturated rings. The first-order valence-corrected chi connectivity index (χ1v) is 51.0. The molecule has 0 spiro atoms. The minimum atomic E-state index is -0.925. The fraction of sp³-hybridized carbons (Fsp3) is 0.227. The van der Waals surface area contributed by atoms with Gasteiger partial charge >= 0.3 is 29.8 Å². The van der Waals surface area contributed by atoms with Crippen LogP contribution in [0.2, 0.25) is 0 Å². The molecule has 11 unspecified atom stereocenters. The van der Waals surface area contributed by atoms with Crippen molar-refractivity contribution < 1.29 is 48.4 Å². The van der Waals surface area contributed by atoms with Gasteiger partial charge in [0.25, 0.3) is 0 Å². The summed E-state index contributed by atoms with van der Waals surface area (Å²) in [6, 6.07) is 143. The molecule has 0 saturated heterocycles. The molecule has 0 radical (unpaired) electrons. The van der Waals surface area contributed by atoms with E-state index >= 15 is 0 Å². The summed E-state index contributed by atoms with van der Waals surface area (Å²) in [5.41, 5.74) is 21.2. The van der Waals surface area contributed by atoms with Crippen molar-refractivity contribution in [1.29, 1.82) is 0 Å². The number of hydrogen-bond acceptors (Lipinski definition) is 8. The lowest BCUT2D eigenvalue weighted by Crippen LogP contribution is -2.12. The Morgan fingerprint density at radius 2 is 0.489 bits per heavy atom. The van der Waals surface area contributed by atoms with E-state index in [0.717, 1.165) is 80.0 Å². The highest BCUT2D eigenvalue weighted by molar-refractivity contribution is 9.09. The van der Waals surface area contributed by atoms with Gasteiger partial charge in [0.2, 0.25) is 0 Å². The van der Waals surface area contributed by atoms with Crippen LogP contribution in [0, 0.1) is 0 Å². The van der Waals surface area contributed by atoms with E-state index in [1.807, 2.05) is 140 Å². The van der Waals surface area contributed by atoms with Gasteiger partial charge in [-0.05, 0) is 263 Å². The molecule has 0 aliphatic heterocycles. The summed E-state index contributed by atoms with van der Waals surface area (Å²) in [6.07, 6.45) is 13.5. The first-order chi connectivity index (χ1) is 68.4. The van der Waals surface area contributed by atoms with E-state index in [0.29, 0.717) is 61.9 Å². The Morgan fingerprint density at radius 3 is 0.830 bits per heavy atom. The minimum absolute atomic E-state index is 0.0717. The first-order valence-electron chi connectivity index (χ1n) is 48.3. The molecule has 11 atom stereocenters. The number of halogens is 3. The Hall–Kier alpha value is -13.4. The Bertz CT molecular complexity index is 6030. The van der Waals surface area contributed by atoms with Crippen LogP contribution in [0.3, 0.4) is 0 Å². The molecule has 141 heavy (non-hydrogen) atoms. The lowest BCUT2D eigenvalue weighted by Gasteiger charge is -2.28. The van der Waals surface area contributed by atoms with Crippen LogP contribution in [0.25, 0.3) is 12.2 Å². The number of hydrogen-bond donors (Lipinski definition) is 2. The number of aryl methyl sites for hydroxylation is 2. The fourth-order valence-electron chi connectivity index (χ4n) is 16.9. The van der Waals surface area contributed by atoms with Crippen molar-refractivity contribution in [2.24, 2.45) is 0 Å². The average Bonchev–Trinajstić information content (AvgIpc) is 0.832. The van der Waals surface area contributed by atoms with Gasteiger partial charge in [-0.2, -0.15) is 0 Å². The smallest absolute Gasteiger partial charge is 0.337 e. The first kappa shape index (κ1) is 111. The van der Waals surface area contributed by atoms with Gasteiger partial charge in [0.15, 0.2) is 0 Å². The molecule has 0 aliphatic rings. The van der Waals surface area contributed by atoms with Gasteiger partial charge in [-0.25, -0.2) is 24.0 Å². The Labute approximate surface area is 862 Å². The molecule has 13 heteroatoms. The van der Waals surface area contributed by atoms with Crippen LogP contribution in [-0.2, 0) is 27.1 Å². The number of aromatic carboxylic acids is 2. The van der Waals surface area contributed by atoms with E-state index in [2.05, 4.69) is 355 Å². The number of alkyl halides is 3. The molecule has 0 heterocycles. The zero-order valence-electron chi connectivity index (χ0n) is 82.2. The maximum absolute atomic E-state index is 12.1. The van der Waals surface area contributed by atoms with Crippen molar-refractivity contribution in [3.63, 3.8) is 0 Å². The Balaban J connectivity index is 0.000000200. The summed E-state index contributed by atoms with van der Waals surface area (Å²) >= 11 is 11.2. The molecule has 0 aromatic heterocycles. The second kappa shape index (κ2) is 61.9. The molecule has 0 amide bonds. The number of methoxy groups -OCH3 is 3. The number of benzene rings is 15. The average molecular weight is 2070 g/mol. The molecule has 726 valence electrons. The molecule has 15 aromatic carbocycles. The summed E-state index contributed by atoms with van der Waals surface area (Å²) in [5.74, 6) is 0.229. The molecular weight excluding hydrogens is 1940 g/mol. The molecular formula is C128H133Br3O10. The van der Waals surface area contributed by atoms with Gasteiger partial charge in [0.05, 0.1) is 49.1 Å². The highest BCUT2D eigenvalue weighted by Crippen LogP contribution is 2.45.